The third kappa shape index (κ3) is 3.10. The van der Waals surface area contributed by atoms with Crippen molar-refractivity contribution in [1.29, 1.82) is 0 Å². The molecule has 3 N–H and O–H groups in total. The van der Waals surface area contributed by atoms with Crippen molar-refractivity contribution in [2.75, 3.05) is 10.6 Å². The van der Waals surface area contributed by atoms with Gasteiger partial charge in [0.2, 0.25) is 5.95 Å². The average molecular weight is 354 g/mol. The normalized spacial score (nSPS) is 12.0. The molecule has 0 saturated heterocycles. The number of nitrogens with zero attached hydrogens (tertiary/aromatic N) is 5. The number of fused-ring (bicyclic) bond motifs is 2. The summed E-state index contributed by atoms with van der Waals surface area (Å²) in [5, 5.41) is 10.8. The molecule has 0 unspecified atom stereocenters. The number of nitrogens with one attached hydrogen (secondary N) is 3. The third-order valence-corrected chi connectivity index (χ3v) is 4.83. The Hall–Kier alpha value is -2.81. The standard InChI is InChI=1S/C16H18N8S/c1-4-16(2,3)22-14-12-13(18-8-17-12)20-15(21-14)19-9-5-6-11-10(7-9)23-24-25-11/h5-8H,4H2,1-3H3,(H3,17,18,19,20,21,22). The Morgan fingerprint density at radius 1 is 1.24 bits per heavy atom. The maximum atomic E-state index is 4.63. The zero-order chi connectivity index (χ0) is 17.4. The number of H-pyrrole nitrogens is 1. The summed E-state index contributed by atoms with van der Waals surface area (Å²) in [4.78, 5) is 16.5. The van der Waals surface area contributed by atoms with E-state index in [-0.39, 0.29) is 5.54 Å². The molecule has 0 aliphatic rings. The first-order chi connectivity index (χ1) is 12.0. The lowest BCUT2D eigenvalue weighted by Crippen LogP contribution is -2.30. The van der Waals surface area contributed by atoms with Gasteiger partial charge in [0.1, 0.15) is 11.0 Å². The fourth-order valence-electron chi connectivity index (χ4n) is 2.38. The second-order valence-electron chi connectivity index (χ2n) is 6.44. The van der Waals surface area contributed by atoms with Gasteiger partial charge in [-0.1, -0.05) is 11.4 Å². The maximum absolute atomic E-state index is 4.63. The highest BCUT2D eigenvalue weighted by atomic mass is 32.1. The molecular weight excluding hydrogens is 336 g/mol. The topological polar surface area (TPSA) is 104 Å². The smallest absolute Gasteiger partial charge is 0.231 e. The van der Waals surface area contributed by atoms with Crippen LogP contribution in [0.5, 0.6) is 0 Å². The molecule has 0 atom stereocenters. The van der Waals surface area contributed by atoms with Gasteiger partial charge in [-0.05, 0) is 50.0 Å². The molecule has 3 aromatic heterocycles. The van der Waals surface area contributed by atoms with E-state index in [9.17, 15) is 0 Å². The van der Waals surface area contributed by atoms with Gasteiger partial charge < -0.3 is 15.6 Å². The lowest BCUT2D eigenvalue weighted by molar-refractivity contribution is 0.545. The van der Waals surface area contributed by atoms with Crippen LogP contribution in [0, 0.1) is 0 Å². The molecule has 3 heterocycles. The van der Waals surface area contributed by atoms with E-state index in [4.69, 9.17) is 0 Å². The zero-order valence-electron chi connectivity index (χ0n) is 14.2. The van der Waals surface area contributed by atoms with Crippen molar-refractivity contribution in [3.63, 3.8) is 0 Å². The minimum absolute atomic E-state index is 0.0885. The molecule has 0 aliphatic heterocycles. The fourth-order valence-corrected chi connectivity index (χ4v) is 2.92. The van der Waals surface area contributed by atoms with Crippen LogP contribution in [0.3, 0.4) is 0 Å². The van der Waals surface area contributed by atoms with E-state index in [0.717, 1.165) is 33.7 Å². The van der Waals surface area contributed by atoms with Crippen LogP contribution >= 0.6 is 11.5 Å². The van der Waals surface area contributed by atoms with Crippen molar-refractivity contribution in [2.24, 2.45) is 0 Å². The lowest BCUT2D eigenvalue weighted by Gasteiger charge is -2.25. The van der Waals surface area contributed by atoms with Crippen molar-refractivity contribution in [3.8, 4) is 0 Å². The summed E-state index contributed by atoms with van der Waals surface area (Å²) in [6.07, 6.45) is 2.59. The minimum atomic E-state index is -0.0885. The highest BCUT2D eigenvalue weighted by Crippen LogP contribution is 2.26. The number of anilines is 3. The Balaban J connectivity index is 1.71. The molecule has 4 aromatic rings. The summed E-state index contributed by atoms with van der Waals surface area (Å²) >= 11 is 1.37. The van der Waals surface area contributed by atoms with E-state index in [2.05, 4.69) is 60.9 Å². The van der Waals surface area contributed by atoms with Crippen molar-refractivity contribution in [2.45, 2.75) is 32.7 Å². The van der Waals surface area contributed by atoms with Crippen LogP contribution in [0.2, 0.25) is 0 Å². The Morgan fingerprint density at radius 3 is 2.96 bits per heavy atom. The number of imidazole rings is 1. The Labute approximate surface area is 148 Å². The van der Waals surface area contributed by atoms with Gasteiger partial charge in [-0.15, -0.1) is 5.10 Å². The van der Waals surface area contributed by atoms with Gasteiger partial charge in [0, 0.05) is 11.2 Å². The Bertz CT molecular complexity index is 1030. The molecular formula is C16H18N8S. The van der Waals surface area contributed by atoms with Crippen molar-refractivity contribution < 1.29 is 0 Å². The molecule has 0 fully saturated rings. The monoisotopic (exact) mass is 354 g/mol. The first-order valence-electron chi connectivity index (χ1n) is 8.02. The first-order valence-corrected chi connectivity index (χ1v) is 8.80. The number of rotatable bonds is 5. The van der Waals surface area contributed by atoms with E-state index < -0.39 is 0 Å². The highest BCUT2D eigenvalue weighted by molar-refractivity contribution is 7.12. The van der Waals surface area contributed by atoms with E-state index >= 15 is 0 Å². The molecule has 0 aliphatic carbocycles. The van der Waals surface area contributed by atoms with Crippen LogP contribution in [-0.4, -0.2) is 35.1 Å². The molecule has 1 aromatic carbocycles. The number of aromatic nitrogens is 6. The van der Waals surface area contributed by atoms with Crippen molar-refractivity contribution >= 4 is 50.4 Å². The van der Waals surface area contributed by atoms with E-state index in [1.165, 1.54) is 11.5 Å². The van der Waals surface area contributed by atoms with Crippen LogP contribution in [0.25, 0.3) is 21.4 Å². The number of benzene rings is 1. The van der Waals surface area contributed by atoms with Crippen LogP contribution in [0.4, 0.5) is 17.5 Å². The predicted octanol–water partition coefficient (Wildman–Crippen LogP) is 3.70. The van der Waals surface area contributed by atoms with Gasteiger partial charge in [-0.2, -0.15) is 9.97 Å². The van der Waals surface area contributed by atoms with Gasteiger partial charge >= 0.3 is 0 Å². The van der Waals surface area contributed by atoms with E-state index in [1.807, 2.05) is 18.2 Å². The molecule has 0 bridgehead atoms. The Morgan fingerprint density at radius 2 is 2.12 bits per heavy atom. The first kappa shape index (κ1) is 15.7. The molecule has 0 spiro atoms. The highest BCUT2D eigenvalue weighted by Gasteiger charge is 2.19. The van der Waals surface area contributed by atoms with Crippen LogP contribution in [0.15, 0.2) is 24.5 Å². The second-order valence-corrected chi connectivity index (χ2v) is 7.23. The average Bonchev–Trinajstić information content (AvgIpc) is 3.23. The third-order valence-electron chi connectivity index (χ3n) is 4.13. The SMILES string of the molecule is CCC(C)(C)Nc1nc(Nc2ccc3snnc3c2)nc2nc[nH]c12. The van der Waals surface area contributed by atoms with Crippen molar-refractivity contribution in [3.05, 3.63) is 24.5 Å². The lowest BCUT2D eigenvalue weighted by atomic mass is 10.0. The fraction of sp³-hybridized carbons (Fsp3) is 0.312. The summed E-state index contributed by atoms with van der Waals surface area (Å²) < 4.78 is 5.00. The molecule has 4 rings (SSSR count). The van der Waals surface area contributed by atoms with Gasteiger partial charge in [0.05, 0.1) is 11.0 Å². The zero-order valence-corrected chi connectivity index (χ0v) is 15.0. The van der Waals surface area contributed by atoms with Gasteiger partial charge in [-0.25, -0.2) is 4.98 Å². The summed E-state index contributed by atoms with van der Waals surface area (Å²) in [6.45, 7) is 6.40. The van der Waals surface area contributed by atoms with Crippen molar-refractivity contribution in [1.82, 2.24) is 29.5 Å². The van der Waals surface area contributed by atoms with Crippen LogP contribution < -0.4 is 10.6 Å². The number of hydrogen-bond donors (Lipinski definition) is 3. The molecule has 25 heavy (non-hydrogen) atoms. The molecule has 0 amide bonds. The van der Waals surface area contributed by atoms with E-state index in [0.29, 0.717) is 11.6 Å². The van der Waals surface area contributed by atoms with Gasteiger partial charge in [0.15, 0.2) is 11.5 Å². The molecule has 0 saturated carbocycles. The number of hydrogen-bond acceptors (Lipinski definition) is 8. The predicted molar refractivity (Wildman–Crippen MR) is 100 cm³/mol. The van der Waals surface area contributed by atoms with E-state index in [1.54, 1.807) is 6.33 Å². The minimum Gasteiger partial charge on any atom is -0.363 e. The summed E-state index contributed by atoms with van der Waals surface area (Å²) in [7, 11) is 0. The molecule has 0 radical (unpaired) electrons. The Kier molecular flexibility index (Phi) is 3.72. The van der Waals surface area contributed by atoms with Gasteiger partial charge in [0.25, 0.3) is 0 Å². The quantitative estimate of drug-likeness (QED) is 0.502. The van der Waals surface area contributed by atoms with Crippen LogP contribution in [0.1, 0.15) is 27.2 Å². The summed E-state index contributed by atoms with van der Waals surface area (Å²) in [5.41, 5.74) is 3.03. The second kappa shape index (κ2) is 5.92. The molecule has 128 valence electrons. The maximum Gasteiger partial charge on any atom is 0.231 e. The summed E-state index contributed by atoms with van der Waals surface area (Å²) in [5.74, 6) is 1.21. The summed E-state index contributed by atoms with van der Waals surface area (Å²) in [6, 6.07) is 5.87. The molecule has 8 nitrogen and oxygen atoms in total. The van der Waals surface area contributed by atoms with Gasteiger partial charge in [-0.3, -0.25) is 0 Å². The molecule has 9 heteroatoms. The number of aromatic amines is 1. The largest absolute Gasteiger partial charge is 0.363 e. The van der Waals surface area contributed by atoms with Crippen LogP contribution in [-0.2, 0) is 0 Å².